The average molecular weight is 527 g/mol. The molecule has 0 aliphatic carbocycles. The molecule has 0 aliphatic rings. The summed E-state index contributed by atoms with van der Waals surface area (Å²) >= 11 is 5.89. The van der Waals surface area contributed by atoms with Gasteiger partial charge in [-0.25, -0.2) is 9.59 Å². The Labute approximate surface area is 217 Å². The molecule has 0 saturated heterocycles. The van der Waals surface area contributed by atoms with Crippen LogP contribution < -0.4 is 28.1 Å². The molecular weight excluding hydrogens is 500 g/mol. The largest absolute Gasteiger partial charge is 0.390 e. The van der Waals surface area contributed by atoms with Crippen LogP contribution in [0.3, 0.4) is 0 Å². The Hall–Kier alpha value is -4.22. The van der Waals surface area contributed by atoms with Crippen LogP contribution in [-0.4, -0.2) is 47.4 Å². The van der Waals surface area contributed by atoms with E-state index in [4.69, 9.17) is 33.5 Å². The van der Waals surface area contributed by atoms with Gasteiger partial charge in [0, 0.05) is 40.5 Å². The number of nitrogens with one attached hydrogen (secondary N) is 2. The van der Waals surface area contributed by atoms with E-state index in [1.165, 1.54) is 30.3 Å². The van der Waals surface area contributed by atoms with Crippen molar-refractivity contribution in [3.63, 3.8) is 0 Å². The van der Waals surface area contributed by atoms with Gasteiger partial charge in [-0.05, 0) is 48.7 Å². The summed E-state index contributed by atoms with van der Waals surface area (Å²) in [5.41, 5.74) is 17.3. The summed E-state index contributed by atoms with van der Waals surface area (Å²) in [6.45, 7) is 0.257. The summed E-state index contributed by atoms with van der Waals surface area (Å²) in [5.74, 6) is -2.66. The van der Waals surface area contributed by atoms with E-state index in [1.807, 2.05) is 0 Å². The zero-order chi connectivity index (χ0) is 26.9. The van der Waals surface area contributed by atoms with Crippen LogP contribution in [0.15, 0.2) is 64.4 Å². The lowest BCUT2D eigenvalue weighted by Gasteiger charge is -2.19. The first-order valence-corrected chi connectivity index (χ1v) is 11.8. The van der Waals surface area contributed by atoms with Gasteiger partial charge in [-0.2, -0.15) is 0 Å². The van der Waals surface area contributed by atoms with Gasteiger partial charge in [0.1, 0.15) is 12.1 Å². The number of H-pyrrole nitrogens is 1. The molecule has 0 saturated carbocycles. The smallest absolute Gasteiger partial charge is 0.336 e. The topological polar surface area (TPSA) is 196 Å². The van der Waals surface area contributed by atoms with Crippen LogP contribution in [0.25, 0.3) is 10.9 Å². The molecule has 194 valence electrons. The van der Waals surface area contributed by atoms with Gasteiger partial charge in [-0.15, -0.1) is 0 Å². The molecule has 3 rings (SSSR count). The number of aromatic nitrogens is 1. The third-order valence-corrected chi connectivity index (χ3v) is 5.68. The zero-order valence-corrected chi connectivity index (χ0v) is 20.5. The van der Waals surface area contributed by atoms with Gasteiger partial charge in [0.25, 0.3) is 5.91 Å². The molecule has 0 fully saturated rings. The molecule has 1 unspecified atom stereocenters. The maximum absolute atomic E-state index is 13.0. The quantitative estimate of drug-likeness (QED) is 0.0846. The molecular formula is C25H27ClN6O5. The van der Waals surface area contributed by atoms with Crippen molar-refractivity contribution >= 4 is 46.3 Å². The maximum Gasteiger partial charge on any atom is 0.336 e. The number of ether oxygens (including phenoxy) is 1. The average Bonchev–Trinajstić information content (AvgIpc) is 2.86. The van der Waals surface area contributed by atoms with Crippen molar-refractivity contribution in [1.29, 1.82) is 0 Å². The second kappa shape index (κ2) is 12.7. The third kappa shape index (κ3) is 7.89. The maximum atomic E-state index is 13.0. The molecule has 8 N–H and O–H groups in total. The fraction of sp³-hybridized carbons (Fsp3) is 0.240. The monoisotopic (exact) mass is 526 g/mol. The van der Waals surface area contributed by atoms with E-state index in [0.717, 1.165) is 0 Å². The zero-order valence-electron chi connectivity index (χ0n) is 19.8. The lowest BCUT2D eigenvalue weighted by atomic mass is 10.0. The Morgan fingerprint density at radius 2 is 1.76 bits per heavy atom. The lowest BCUT2D eigenvalue weighted by molar-refractivity contribution is -0.162. The van der Waals surface area contributed by atoms with Crippen molar-refractivity contribution in [3.8, 4) is 0 Å². The van der Waals surface area contributed by atoms with E-state index in [0.29, 0.717) is 27.9 Å². The number of hydrogen-bond acceptors (Lipinski definition) is 7. The number of fused-ring (bicyclic) bond motifs is 1. The highest BCUT2D eigenvalue weighted by Crippen LogP contribution is 2.17. The number of carbonyl (C=O) groups is 3. The predicted octanol–water partition coefficient (Wildman–Crippen LogP) is 0.973. The molecule has 0 bridgehead atoms. The Kier molecular flexibility index (Phi) is 9.36. The molecule has 1 aromatic heterocycles. The van der Waals surface area contributed by atoms with Crippen molar-refractivity contribution < 1.29 is 19.1 Å². The van der Waals surface area contributed by atoms with Crippen LogP contribution in [0.2, 0.25) is 5.02 Å². The van der Waals surface area contributed by atoms with Crippen molar-refractivity contribution in [2.45, 2.75) is 31.3 Å². The van der Waals surface area contributed by atoms with Crippen LogP contribution in [0.1, 0.15) is 28.8 Å². The van der Waals surface area contributed by atoms with Gasteiger partial charge in [-0.3, -0.25) is 14.6 Å². The van der Waals surface area contributed by atoms with Crippen molar-refractivity contribution in [2.75, 3.05) is 6.54 Å². The van der Waals surface area contributed by atoms with Crippen LogP contribution in [0.4, 0.5) is 0 Å². The van der Waals surface area contributed by atoms with Gasteiger partial charge in [0.2, 0.25) is 5.56 Å². The number of para-hydroxylation sites is 1. The van der Waals surface area contributed by atoms with Gasteiger partial charge < -0.3 is 32.2 Å². The summed E-state index contributed by atoms with van der Waals surface area (Å²) < 4.78 is 5.01. The van der Waals surface area contributed by atoms with Crippen LogP contribution >= 0.6 is 11.6 Å². The van der Waals surface area contributed by atoms with Crippen molar-refractivity contribution in [2.24, 2.45) is 22.2 Å². The molecule has 1 heterocycles. The minimum absolute atomic E-state index is 0.0853. The summed E-state index contributed by atoms with van der Waals surface area (Å²) in [7, 11) is 0. The number of nitrogens with zero attached hydrogens (tertiary/aromatic N) is 1. The van der Waals surface area contributed by atoms with Crippen LogP contribution in [0, 0.1) is 0 Å². The minimum Gasteiger partial charge on any atom is -0.390 e. The molecule has 37 heavy (non-hydrogen) atoms. The fourth-order valence-corrected chi connectivity index (χ4v) is 3.71. The van der Waals surface area contributed by atoms with E-state index >= 15 is 0 Å². The van der Waals surface area contributed by atoms with E-state index < -0.39 is 29.9 Å². The SMILES string of the molecule is NC(N)=NCCC[C@H](N)C(=O)OC(=O)C(Cc1cc(=O)[nH]c2ccccc12)NC(=O)c1ccc(Cl)cc1. The Morgan fingerprint density at radius 3 is 2.46 bits per heavy atom. The first kappa shape index (κ1) is 27.4. The number of esters is 2. The second-order valence-electron chi connectivity index (χ2n) is 8.24. The van der Waals surface area contributed by atoms with Gasteiger partial charge >= 0.3 is 11.9 Å². The van der Waals surface area contributed by atoms with Crippen molar-refractivity contribution in [1.82, 2.24) is 10.3 Å². The number of pyridine rings is 1. The van der Waals surface area contributed by atoms with E-state index in [-0.39, 0.29) is 36.5 Å². The predicted molar refractivity (Wildman–Crippen MR) is 140 cm³/mol. The van der Waals surface area contributed by atoms with E-state index in [1.54, 1.807) is 24.3 Å². The number of halogens is 1. The number of aromatic amines is 1. The molecule has 0 aliphatic heterocycles. The number of aliphatic imine (C=N–C) groups is 1. The molecule has 2 atom stereocenters. The molecule has 2 aromatic carbocycles. The fourth-order valence-electron chi connectivity index (χ4n) is 3.59. The lowest BCUT2D eigenvalue weighted by Crippen LogP contribution is -2.46. The van der Waals surface area contributed by atoms with Gasteiger partial charge in [0.05, 0.1) is 0 Å². The molecule has 11 nitrogen and oxygen atoms in total. The van der Waals surface area contributed by atoms with Gasteiger partial charge in [0.15, 0.2) is 5.96 Å². The minimum atomic E-state index is -1.30. The van der Waals surface area contributed by atoms with Crippen LogP contribution in [0.5, 0.6) is 0 Å². The number of benzene rings is 2. The Bertz CT molecular complexity index is 1370. The Balaban J connectivity index is 1.81. The molecule has 0 spiro atoms. The highest BCUT2D eigenvalue weighted by atomic mass is 35.5. The highest BCUT2D eigenvalue weighted by Gasteiger charge is 2.28. The first-order chi connectivity index (χ1) is 17.6. The Morgan fingerprint density at radius 1 is 1.05 bits per heavy atom. The van der Waals surface area contributed by atoms with Crippen molar-refractivity contribution in [3.05, 3.63) is 81.1 Å². The number of rotatable bonds is 10. The number of guanidine groups is 1. The third-order valence-electron chi connectivity index (χ3n) is 5.43. The highest BCUT2D eigenvalue weighted by molar-refractivity contribution is 6.30. The van der Waals surface area contributed by atoms with E-state index in [9.17, 15) is 19.2 Å². The first-order valence-electron chi connectivity index (χ1n) is 11.4. The molecule has 12 heteroatoms. The summed E-state index contributed by atoms with van der Waals surface area (Å²) in [4.78, 5) is 57.1. The van der Waals surface area contributed by atoms with Crippen LogP contribution in [-0.2, 0) is 20.7 Å². The summed E-state index contributed by atoms with van der Waals surface area (Å²) in [6, 6.07) is 12.0. The number of hydrogen-bond donors (Lipinski definition) is 5. The second-order valence-corrected chi connectivity index (χ2v) is 8.67. The number of nitrogens with two attached hydrogens (primary N) is 3. The number of amides is 1. The molecule has 3 aromatic rings. The standard InChI is InChI=1S/C25H27ClN6O5/c26-16-9-7-14(8-10-16)22(34)32-20(12-15-13-21(33)31-19-6-2-1-4-17(15)19)24(36)37-23(35)18(27)5-3-11-30-25(28)29/h1-2,4,6-10,13,18,20H,3,5,11-12,27H2,(H,31,33)(H,32,34)(H4,28,29,30)/t18-,20?/m0/s1. The van der Waals surface area contributed by atoms with Gasteiger partial charge in [-0.1, -0.05) is 29.8 Å². The molecule has 1 amide bonds. The van der Waals surface area contributed by atoms with E-state index in [2.05, 4.69) is 15.3 Å². The summed E-state index contributed by atoms with van der Waals surface area (Å²) in [5, 5.41) is 3.69. The molecule has 0 radical (unpaired) electrons. The number of carbonyl (C=O) groups excluding carboxylic acids is 3. The summed E-state index contributed by atoms with van der Waals surface area (Å²) in [6.07, 6.45) is 0.441. The normalized spacial score (nSPS) is 12.4.